The maximum Gasteiger partial charge on any atom is 0.176 e. The van der Waals surface area contributed by atoms with Crippen LogP contribution in [0.25, 0.3) is 0 Å². The van der Waals surface area contributed by atoms with E-state index in [1.54, 1.807) is 7.11 Å². The second-order valence-electron chi connectivity index (χ2n) is 7.29. The van der Waals surface area contributed by atoms with E-state index in [2.05, 4.69) is 61.8 Å². The molecule has 0 radical (unpaired) electrons. The van der Waals surface area contributed by atoms with Crippen molar-refractivity contribution in [3.63, 3.8) is 0 Å². The Balaban J connectivity index is 2.00. The first-order chi connectivity index (χ1) is 10.8. The van der Waals surface area contributed by atoms with Crippen LogP contribution in [0.2, 0.25) is 0 Å². The lowest BCUT2D eigenvalue weighted by Crippen LogP contribution is -2.47. The number of aryl methyl sites for hydroxylation is 1. The van der Waals surface area contributed by atoms with Crippen molar-refractivity contribution in [2.45, 2.75) is 72.7 Å². The molecule has 5 heteroatoms. The molecule has 1 aliphatic rings. The normalized spacial score (nSPS) is 19.0. The lowest BCUT2D eigenvalue weighted by atomic mass is 9.84. The highest BCUT2D eigenvalue weighted by Crippen LogP contribution is 2.24. The Morgan fingerprint density at radius 1 is 1.52 bits per heavy atom. The predicted molar refractivity (Wildman–Crippen MR) is 92.2 cm³/mol. The van der Waals surface area contributed by atoms with E-state index in [0.29, 0.717) is 18.7 Å². The van der Waals surface area contributed by atoms with Gasteiger partial charge in [0.1, 0.15) is 12.4 Å². The summed E-state index contributed by atoms with van der Waals surface area (Å²) in [5.41, 5.74) is 4.61. The molecule has 0 saturated heterocycles. The van der Waals surface area contributed by atoms with Gasteiger partial charge in [0.2, 0.25) is 0 Å². The summed E-state index contributed by atoms with van der Waals surface area (Å²) >= 11 is 0. The van der Waals surface area contributed by atoms with Crippen molar-refractivity contribution in [3.05, 3.63) is 29.0 Å². The highest BCUT2D eigenvalue weighted by Gasteiger charge is 2.28. The Bertz CT molecular complexity index is 592. The Morgan fingerprint density at radius 2 is 2.26 bits per heavy atom. The molecule has 0 amide bonds. The second-order valence-corrected chi connectivity index (χ2v) is 7.29. The van der Waals surface area contributed by atoms with Gasteiger partial charge in [-0.2, -0.15) is 5.10 Å². The smallest absolute Gasteiger partial charge is 0.176 e. The molecule has 1 aromatic rings. The van der Waals surface area contributed by atoms with Crippen LogP contribution in [0.15, 0.2) is 17.4 Å². The number of ether oxygens (including phenoxy) is 1. The van der Waals surface area contributed by atoms with Crippen LogP contribution < -0.4 is 5.32 Å². The van der Waals surface area contributed by atoms with E-state index in [4.69, 9.17) is 4.74 Å². The summed E-state index contributed by atoms with van der Waals surface area (Å²) in [5, 5.41) is 8.30. The minimum Gasteiger partial charge on any atom is -0.377 e. The number of nitrogens with one attached hydrogen (secondary N) is 1. The third kappa shape index (κ3) is 4.77. The second kappa shape index (κ2) is 7.43. The summed E-state index contributed by atoms with van der Waals surface area (Å²) in [6.07, 6.45) is 4.24. The molecule has 0 fully saturated rings. The predicted octanol–water partition coefficient (Wildman–Crippen LogP) is 2.86. The minimum atomic E-state index is 0.0567. The van der Waals surface area contributed by atoms with Crippen molar-refractivity contribution in [3.8, 4) is 0 Å². The summed E-state index contributed by atoms with van der Waals surface area (Å²) in [5.74, 6) is 1.86. The Morgan fingerprint density at radius 3 is 2.91 bits per heavy atom. The number of methoxy groups -OCH3 is 1. The minimum absolute atomic E-state index is 0.0567. The largest absolute Gasteiger partial charge is 0.377 e. The van der Waals surface area contributed by atoms with Crippen molar-refractivity contribution in [1.82, 2.24) is 20.1 Å². The van der Waals surface area contributed by atoms with E-state index < -0.39 is 0 Å². The number of fused-ring (bicyclic) bond motifs is 1. The van der Waals surface area contributed by atoms with Gasteiger partial charge in [-0.15, -0.1) is 5.73 Å². The average molecular weight is 318 g/mol. The lowest BCUT2D eigenvalue weighted by molar-refractivity contribution is 0.177. The fraction of sp³-hybridized carbons (Fsp3) is 0.722. The van der Waals surface area contributed by atoms with Crippen molar-refractivity contribution in [2.24, 2.45) is 5.41 Å². The molecule has 0 aromatic carbocycles. The van der Waals surface area contributed by atoms with Crippen LogP contribution in [0.4, 0.5) is 0 Å². The summed E-state index contributed by atoms with van der Waals surface area (Å²) in [6, 6.07) is 0.789. The van der Waals surface area contributed by atoms with E-state index in [1.807, 2.05) is 4.68 Å². The summed E-state index contributed by atoms with van der Waals surface area (Å²) in [6.45, 7) is 12.3. The first-order valence-electron chi connectivity index (χ1n) is 8.40. The maximum atomic E-state index is 5.12. The number of hydrogen-bond acceptors (Lipinski definition) is 4. The van der Waals surface area contributed by atoms with Gasteiger partial charge < -0.3 is 10.1 Å². The van der Waals surface area contributed by atoms with Crippen LogP contribution >= 0.6 is 0 Å². The van der Waals surface area contributed by atoms with Gasteiger partial charge in [0.25, 0.3) is 0 Å². The molecule has 2 atom stereocenters. The van der Waals surface area contributed by atoms with Crippen LogP contribution in [0.3, 0.4) is 0 Å². The van der Waals surface area contributed by atoms with Crippen LogP contribution in [-0.4, -0.2) is 34.0 Å². The lowest BCUT2D eigenvalue weighted by Gasteiger charge is -2.34. The fourth-order valence-electron chi connectivity index (χ4n) is 2.71. The molecule has 2 heterocycles. The first-order valence-corrected chi connectivity index (χ1v) is 8.40. The van der Waals surface area contributed by atoms with E-state index >= 15 is 0 Å². The van der Waals surface area contributed by atoms with Crippen LogP contribution in [0.5, 0.6) is 0 Å². The highest BCUT2D eigenvalue weighted by molar-refractivity contribution is 5.05. The zero-order valence-corrected chi connectivity index (χ0v) is 15.3. The van der Waals surface area contributed by atoms with E-state index in [9.17, 15) is 0 Å². The van der Waals surface area contributed by atoms with Gasteiger partial charge in [-0.25, -0.2) is 9.67 Å². The Kier molecular flexibility index (Phi) is 5.79. The summed E-state index contributed by atoms with van der Waals surface area (Å²) < 4.78 is 7.15. The van der Waals surface area contributed by atoms with Crippen LogP contribution in [0.1, 0.15) is 52.7 Å². The summed E-state index contributed by atoms with van der Waals surface area (Å²) in [4.78, 5) is 4.53. The molecule has 128 valence electrons. The molecule has 2 unspecified atom stereocenters. The number of aromatic nitrogens is 3. The molecule has 1 aromatic heterocycles. The van der Waals surface area contributed by atoms with Crippen LogP contribution in [-0.2, 0) is 24.3 Å². The van der Waals surface area contributed by atoms with Gasteiger partial charge in [-0.1, -0.05) is 13.8 Å². The van der Waals surface area contributed by atoms with E-state index in [0.717, 1.165) is 31.0 Å². The molecule has 0 spiro atoms. The third-order valence-corrected chi connectivity index (χ3v) is 4.51. The quantitative estimate of drug-likeness (QED) is 0.820. The molecular weight excluding hydrogens is 288 g/mol. The molecule has 0 aliphatic carbocycles. The number of hydrogen-bond donors (Lipinski definition) is 1. The van der Waals surface area contributed by atoms with Crippen molar-refractivity contribution in [2.75, 3.05) is 7.11 Å². The average Bonchev–Trinajstić information content (AvgIpc) is 2.87. The maximum absolute atomic E-state index is 5.12. The van der Waals surface area contributed by atoms with Crippen LogP contribution in [0, 0.1) is 5.41 Å². The third-order valence-electron chi connectivity index (χ3n) is 4.51. The monoisotopic (exact) mass is 318 g/mol. The van der Waals surface area contributed by atoms with Gasteiger partial charge in [0.05, 0.1) is 6.54 Å². The Hall–Kier alpha value is -1.42. The Labute approximate surface area is 139 Å². The van der Waals surface area contributed by atoms with Gasteiger partial charge >= 0.3 is 0 Å². The van der Waals surface area contributed by atoms with Gasteiger partial charge in [0.15, 0.2) is 5.82 Å². The van der Waals surface area contributed by atoms with E-state index in [1.165, 1.54) is 5.57 Å². The van der Waals surface area contributed by atoms with Gasteiger partial charge in [0, 0.05) is 31.0 Å². The van der Waals surface area contributed by atoms with Crippen molar-refractivity contribution in [1.29, 1.82) is 0 Å². The van der Waals surface area contributed by atoms with Crippen molar-refractivity contribution < 1.29 is 4.74 Å². The molecule has 0 bridgehead atoms. The molecule has 2 rings (SSSR count). The van der Waals surface area contributed by atoms with Gasteiger partial charge in [-0.05, 0) is 38.8 Å². The molecule has 1 aliphatic heterocycles. The number of rotatable bonds is 6. The zero-order chi connectivity index (χ0) is 17.0. The van der Waals surface area contributed by atoms with Gasteiger partial charge in [-0.3, -0.25) is 0 Å². The zero-order valence-electron chi connectivity index (χ0n) is 15.3. The number of nitrogens with zero attached hydrogens (tertiary/aromatic N) is 3. The molecular formula is C18H30N4O. The molecule has 1 N–H and O–H groups in total. The fourth-order valence-corrected chi connectivity index (χ4v) is 2.71. The SMILES string of the molecule is COCc1nc2n(n1)CC(NC(C)C(C)(C)C=C=C(C)C)CC2. The summed E-state index contributed by atoms with van der Waals surface area (Å²) in [7, 11) is 1.67. The highest BCUT2D eigenvalue weighted by atomic mass is 16.5. The first kappa shape index (κ1) is 17.9. The van der Waals surface area contributed by atoms with E-state index in [-0.39, 0.29) is 5.41 Å². The standard InChI is InChI=1S/C18H30N4O/c1-13(2)9-10-18(4,5)14(3)19-15-7-8-17-20-16(12-23-6)21-22(17)11-15/h10,14-15,19H,7-8,11-12H2,1-6H3. The van der Waals surface area contributed by atoms with Crippen molar-refractivity contribution >= 4 is 0 Å². The molecule has 23 heavy (non-hydrogen) atoms. The molecule has 5 nitrogen and oxygen atoms in total. The topological polar surface area (TPSA) is 52.0 Å². The molecule has 0 saturated carbocycles.